The molecule has 530 valence electrons. The Kier molecular flexibility index (Phi) is 37.2. The van der Waals surface area contributed by atoms with E-state index in [-0.39, 0.29) is 66.9 Å². The molecule has 0 aromatic heterocycles. The van der Waals surface area contributed by atoms with Crippen molar-refractivity contribution in [2.24, 2.45) is 17.4 Å². The van der Waals surface area contributed by atoms with E-state index in [1.165, 1.54) is 38.1 Å². The lowest BCUT2D eigenvalue weighted by molar-refractivity contribution is -0.143. The van der Waals surface area contributed by atoms with E-state index >= 15 is 0 Å². The molecule has 14 amide bonds. The smallest absolute Gasteiger partial charge is 0.326 e. The maximum atomic E-state index is 14.1. The molecule has 0 radical (unpaired) electrons. The number of hydrogen-bond donors (Lipinski definition) is 23. The molecule has 13 atom stereocenters. The zero-order chi connectivity index (χ0) is 72.0. The lowest BCUT2D eigenvalue weighted by atomic mass is 10.0. The van der Waals surface area contributed by atoms with Crippen molar-refractivity contribution in [3.8, 4) is 5.75 Å². The maximum Gasteiger partial charge on any atom is 0.326 e. The first-order valence-corrected chi connectivity index (χ1v) is 33.3. The van der Waals surface area contributed by atoms with Crippen molar-refractivity contribution in [2.45, 2.75) is 151 Å². The molecule has 0 aliphatic carbocycles. The van der Waals surface area contributed by atoms with Gasteiger partial charge in [0.1, 0.15) is 78.3 Å². The number of primary amides is 1. The highest BCUT2D eigenvalue weighted by atomic mass is 32.1. The lowest BCUT2D eigenvalue weighted by Crippen LogP contribution is -2.61. The molecule has 1 saturated heterocycles. The van der Waals surface area contributed by atoms with E-state index in [2.05, 4.69) is 140 Å². The predicted molar refractivity (Wildman–Crippen MR) is 361 cm³/mol. The van der Waals surface area contributed by atoms with Crippen LogP contribution in [0.2, 0.25) is 0 Å². The molecular formula is C55H85N15O19S6. The van der Waals surface area contributed by atoms with Crippen molar-refractivity contribution < 1.29 is 92.0 Å². The van der Waals surface area contributed by atoms with Gasteiger partial charge in [-0.05, 0) is 63.1 Å². The van der Waals surface area contributed by atoms with Crippen LogP contribution in [-0.4, -0.2) is 241 Å². The number of carbonyl (C=O) groups excluding carboxylic acids is 14. The number of nitrogens with one attached hydrogen (secondary N) is 12. The average Bonchev–Trinajstić information content (AvgIpc) is 1.76. The molecule has 34 nitrogen and oxygen atoms in total. The number of benzene rings is 1. The van der Waals surface area contributed by atoms with Crippen LogP contribution in [0.3, 0.4) is 0 Å². The summed E-state index contributed by atoms with van der Waals surface area (Å²) in [5.74, 6) is -18.0. The number of carboxylic acids is 2. The number of aromatic hydroxyl groups is 1. The Morgan fingerprint density at radius 1 is 0.516 bits per heavy atom. The summed E-state index contributed by atoms with van der Waals surface area (Å²) >= 11 is 24.6. The predicted octanol–water partition coefficient (Wildman–Crippen LogP) is -6.81. The highest BCUT2D eigenvalue weighted by Gasteiger charge is 2.41. The first-order valence-electron chi connectivity index (χ1n) is 29.5. The van der Waals surface area contributed by atoms with Crippen LogP contribution in [0.4, 0.5) is 0 Å². The van der Waals surface area contributed by atoms with Gasteiger partial charge in [-0.2, -0.15) is 75.8 Å². The number of phenols is 1. The molecule has 19 N–H and O–H groups in total. The highest BCUT2D eigenvalue weighted by Crippen LogP contribution is 2.20. The molecule has 1 aromatic rings. The third-order valence-corrected chi connectivity index (χ3v) is 16.2. The number of amides is 14. The number of likely N-dealkylation sites (tertiary alicyclic amines) is 1. The fourth-order valence-corrected chi connectivity index (χ4v) is 10.2. The molecule has 0 saturated carbocycles. The Labute approximate surface area is 579 Å². The van der Waals surface area contributed by atoms with Crippen molar-refractivity contribution in [1.82, 2.24) is 68.7 Å². The van der Waals surface area contributed by atoms with E-state index in [4.69, 9.17) is 11.5 Å². The van der Waals surface area contributed by atoms with Crippen molar-refractivity contribution in [3.63, 3.8) is 0 Å². The van der Waals surface area contributed by atoms with E-state index < -0.39 is 210 Å². The van der Waals surface area contributed by atoms with Crippen molar-refractivity contribution >= 4 is 170 Å². The number of phenolic OH excluding ortho intramolecular Hbond substituents is 1. The molecule has 1 aliphatic rings. The highest BCUT2D eigenvalue weighted by molar-refractivity contribution is 7.81. The standard InChI is InChI=1S/C55H85N15O19S6/c1-24(2)14-31(63-46(79)30(11-12-42(74)75)62-50(83)36(21-93)67-45(78)29(56)18-90)47(80)68-38(23-95)52(85)69-37(22-94)51(84)64-32(16-40(57)72)54(87)70-13-5-6-39(70)53(86)60-26(4)44(77)66-35(20-92)48(81)59-25(3)43(76)58-17-41(73)61-34(19-91)49(82)65-33(55(88)89)15-27-7-9-28(71)10-8-27/h7-10,24-26,29-39,71,90-95H,5-6,11-23,56H2,1-4H3,(H2,57,72)(H,58,76)(H,59,81)(H,60,86)(H,61,73)(H,62,83)(H,63,79)(H,64,84)(H,65,82)(H,66,77)(H,67,78)(H,68,80)(H,69,85)(H,74,75)(H,88,89)/t25-,26-,29-,30-,31-,32-,33-,34-,35-,36-,37-,38-,39-/m0/s1. The van der Waals surface area contributed by atoms with Crippen molar-refractivity contribution in [3.05, 3.63) is 29.8 Å². The molecule has 95 heavy (non-hydrogen) atoms. The van der Waals surface area contributed by atoms with Crippen molar-refractivity contribution in [2.75, 3.05) is 47.6 Å². The molecule has 1 heterocycles. The molecular weight excluding hydrogens is 1370 g/mol. The average molecular weight is 1450 g/mol. The van der Waals surface area contributed by atoms with Crippen LogP contribution in [0.1, 0.15) is 71.8 Å². The van der Waals surface area contributed by atoms with Gasteiger partial charge in [0, 0.05) is 53.9 Å². The Morgan fingerprint density at radius 3 is 1.41 bits per heavy atom. The first-order chi connectivity index (χ1) is 44.6. The quantitative estimate of drug-likeness (QED) is 0.0271. The normalized spacial score (nSPS) is 16.4. The second-order valence-corrected chi connectivity index (χ2v) is 24.3. The number of aliphatic carboxylic acids is 2. The Balaban J connectivity index is 2.09. The summed E-state index contributed by atoms with van der Waals surface area (Å²) in [5.41, 5.74) is 11.6. The minimum absolute atomic E-state index is 0.0361. The second-order valence-electron chi connectivity index (χ2n) is 22.1. The zero-order valence-corrected chi connectivity index (χ0v) is 57.5. The summed E-state index contributed by atoms with van der Waals surface area (Å²) in [4.78, 5) is 211. The molecule has 0 spiro atoms. The van der Waals surface area contributed by atoms with Crippen LogP contribution in [-0.2, 0) is 83.1 Å². The fraction of sp³-hybridized carbons (Fsp3) is 0.600. The monoisotopic (exact) mass is 1450 g/mol. The number of nitrogens with two attached hydrogens (primary N) is 2. The van der Waals surface area contributed by atoms with Gasteiger partial charge in [-0.25, -0.2) is 4.79 Å². The van der Waals surface area contributed by atoms with Gasteiger partial charge in [-0.1, -0.05) is 26.0 Å². The molecule has 0 bridgehead atoms. The minimum atomic E-state index is -1.73. The number of nitrogens with zero attached hydrogens (tertiary/aromatic N) is 1. The Morgan fingerprint density at radius 2 is 0.937 bits per heavy atom. The number of carbonyl (C=O) groups is 16. The van der Waals surface area contributed by atoms with Crippen LogP contribution in [0.25, 0.3) is 0 Å². The molecule has 2 rings (SSSR count). The van der Waals surface area contributed by atoms with Gasteiger partial charge in [0.2, 0.25) is 82.7 Å². The van der Waals surface area contributed by atoms with Crippen LogP contribution in [0, 0.1) is 5.92 Å². The van der Waals surface area contributed by atoms with E-state index in [9.17, 15) is 92.0 Å². The lowest BCUT2D eigenvalue weighted by Gasteiger charge is -2.30. The van der Waals surface area contributed by atoms with Gasteiger partial charge in [0.15, 0.2) is 0 Å². The summed E-state index contributed by atoms with van der Waals surface area (Å²) in [7, 11) is 0. The number of thiol groups is 6. The number of rotatable bonds is 41. The number of carboxylic acid groups (broad SMARTS) is 2. The van der Waals surface area contributed by atoms with Gasteiger partial charge in [0.05, 0.1) is 19.0 Å². The topological polar surface area (TPSA) is 533 Å². The number of hydrogen-bond acceptors (Lipinski definition) is 24. The third-order valence-electron chi connectivity index (χ3n) is 14.0. The Hall–Kier alpha value is -7.40. The van der Waals surface area contributed by atoms with Crippen LogP contribution >= 0.6 is 75.8 Å². The van der Waals surface area contributed by atoms with E-state index in [0.29, 0.717) is 5.56 Å². The van der Waals surface area contributed by atoms with Crippen LogP contribution < -0.4 is 75.3 Å². The van der Waals surface area contributed by atoms with Crippen LogP contribution in [0.5, 0.6) is 5.75 Å². The molecule has 1 aromatic carbocycles. The van der Waals surface area contributed by atoms with Crippen LogP contribution in [0.15, 0.2) is 24.3 Å². The first kappa shape index (κ1) is 83.7. The maximum absolute atomic E-state index is 14.1. The Bertz CT molecular complexity index is 2920. The SMILES string of the molecule is CC(C)C[C@H](NC(=O)[C@H](CCC(=O)O)NC(=O)[C@H](CS)NC(=O)[C@@H](N)CS)C(=O)N[C@@H](CS)C(=O)N[C@@H](CS)C(=O)N[C@@H](CC(N)=O)C(=O)N1CCC[C@H]1C(=O)N[C@@H](C)C(=O)N[C@@H](CS)C(=O)N[C@@H](C)C(=O)NCC(=O)N[C@@H](CS)C(=O)N[C@@H](Cc1ccc(O)cc1)C(=O)O. The fourth-order valence-electron chi connectivity index (χ4n) is 8.80. The van der Waals surface area contributed by atoms with Gasteiger partial charge < -0.3 is 95.5 Å². The summed E-state index contributed by atoms with van der Waals surface area (Å²) in [6.07, 6.45) is -1.84. The summed E-state index contributed by atoms with van der Waals surface area (Å²) in [5, 5.41) is 57.1. The largest absolute Gasteiger partial charge is 0.508 e. The van der Waals surface area contributed by atoms with Gasteiger partial charge >= 0.3 is 11.9 Å². The molecule has 1 fully saturated rings. The summed E-state index contributed by atoms with van der Waals surface area (Å²) < 4.78 is 0. The molecule has 0 unspecified atom stereocenters. The third kappa shape index (κ3) is 28.8. The molecule has 1 aliphatic heterocycles. The van der Waals surface area contributed by atoms with Gasteiger partial charge in [-0.15, -0.1) is 0 Å². The van der Waals surface area contributed by atoms with Gasteiger partial charge in [-0.3, -0.25) is 71.9 Å². The second kappa shape index (κ2) is 42.2. The van der Waals surface area contributed by atoms with E-state index in [0.717, 1.165) is 4.90 Å². The summed E-state index contributed by atoms with van der Waals surface area (Å²) in [6, 6.07) is -12.8. The van der Waals surface area contributed by atoms with Gasteiger partial charge in [0.25, 0.3) is 0 Å². The minimum Gasteiger partial charge on any atom is -0.508 e. The van der Waals surface area contributed by atoms with E-state index in [1.807, 2.05) is 0 Å². The van der Waals surface area contributed by atoms with Crippen molar-refractivity contribution in [1.29, 1.82) is 0 Å². The zero-order valence-electron chi connectivity index (χ0n) is 52.2. The van der Waals surface area contributed by atoms with E-state index in [1.54, 1.807) is 13.8 Å². The molecule has 40 heteroatoms. The summed E-state index contributed by atoms with van der Waals surface area (Å²) in [6.45, 7) is 5.11.